The van der Waals surface area contributed by atoms with Gasteiger partial charge in [-0.1, -0.05) is 25.1 Å². The highest BCUT2D eigenvalue weighted by Crippen LogP contribution is 2.17. The minimum absolute atomic E-state index is 0.607. The lowest BCUT2D eigenvalue weighted by atomic mass is 10.2. The first-order valence-electron chi connectivity index (χ1n) is 5.28. The van der Waals surface area contributed by atoms with Crippen LogP contribution in [0.25, 0.3) is 0 Å². The summed E-state index contributed by atoms with van der Waals surface area (Å²) in [6.07, 6.45) is 0. The third kappa shape index (κ3) is 4.32. The molecule has 0 aliphatic rings. The fourth-order valence-electron chi connectivity index (χ4n) is 1.33. The third-order valence-corrected chi connectivity index (χ3v) is 2.12. The number of ether oxygens (including phenoxy) is 2. The summed E-state index contributed by atoms with van der Waals surface area (Å²) in [5, 5.41) is 3.21. The molecule has 15 heavy (non-hydrogen) atoms. The number of hydrogen-bond donors (Lipinski definition) is 1. The zero-order valence-corrected chi connectivity index (χ0v) is 9.45. The number of rotatable bonds is 7. The van der Waals surface area contributed by atoms with Crippen molar-refractivity contribution < 1.29 is 9.47 Å². The second-order valence-corrected chi connectivity index (χ2v) is 3.22. The maximum atomic E-state index is 5.52. The van der Waals surface area contributed by atoms with Gasteiger partial charge in [0, 0.05) is 12.1 Å². The van der Waals surface area contributed by atoms with Crippen molar-refractivity contribution in [1.82, 2.24) is 5.32 Å². The first kappa shape index (κ1) is 12.0. The van der Waals surface area contributed by atoms with Crippen molar-refractivity contribution in [2.24, 2.45) is 0 Å². The summed E-state index contributed by atoms with van der Waals surface area (Å²) in [6, 6.07) is 7.92. The van der Waals surface area contributed by atoms with Gasteiger partial charge in [-0.05, 0) is 12.6 Å². The molecule has 84 valence electrons. The van der Waals surface area contributed by atoms with Crippen LogP contribution in [0.1, 0.15) is 12.5 Å². The molecule has 0 saturated carbocycles. The zero-order valence-electron chi connectivity index (χ0n) is 9.45. The van der Waals surface area contributed by atoms with Gasteiger partial charge in [0.25, 0.3) is 0 Å². The Morgan fingerprint density at radius 2 is 2.07 bits per heavy atom. The molecular formula is C12H19NO2. The van der Waals surface area contributed by atoms with Crippen LogP contribution in [0.4, 0.5) is 0 Å². The Bertz CT molecular complexity index is 276. The first-order valence-corrected chi connectivity index (χ1v) is 5.28. The smallest absolute Gasteiger partial charge is 0.124 e. The number of methoxy groups -OCH3 is 1. The van der Waals surface area contributed by atoms with Gasteiger partial charge in [-0.15, -0.1) is 0 Å². The highest BCUT2D eigenvalue weighted by Gasteiger charge is 2.00. The van der Waals surface area contributed by atoms with Crippen LogP contribution in [-0.4, -0.2) is 26.8 Å². The summed E-state index contributed by atoms with van der Waals surface area (Å²) in [6.45, 7) is 5.30. The quantitative estimate of drug-likeness (QED) is 0.695. The van der Waals surface area contributed by atoms with Gasteiger partial charge >= 0.3 is 0 Å². The van der Waals surface area contributed by atoms with Crippen LogP contribution in [0.3, 0.4) is 0 Å². The molecular weight excluding hydrogens is 190 g/mol. The van der Waals surface area contributed by atoms with Gasteiger partial charge < -0.3 is 14.8 Å². The summed E-state index contributed by atoms with van der Waals surface area (Å²) in [5.41, 5.74) is 1.09. The van der Waals surface area contributed by atoms with E-state index >= 15 is 0 Å². The molecule has 0 bridgehead atoms. The Kier molecular flexibility index (Phi) is 5.81. The molecule has 0 spiro atoms. The van der Waals surface area contributed by atoms with Crippen LogP contribution in [0, 0.1) is 0 Å². The topological polar surface area (TPSA) is 30.5 Å². The lowest BCUT2D eigenvalue weighted by Gasteiger charge is -2.08. The SMILES string of the molecule is CCNCCOCc1ccccc1OC. The molecule has 1 rings (SSSR count). The van der Waals surface area contributed by atoms with Crippen molar-refractivity contribution in [3.05, 3.63) is 29.8 Å². The van der Waals surface area contributed by atoms with Crippen molar-refractivity contribution in [3.8, 4) is 5.75 Å². The molecule has 1 aromatic carbocycles. The molecule has 0 amide bonds. The molecule has 0 aliphatic carbocycles. The first-order chi connectivity index (χ1) is 7.38. The van der Waals surface area contributed by atoms with Crippen LogP contribution in [-0.2, 0) is 11.3 Å². The number of para-hydroxylation sites is 1. The van der Waals surface area contributed by atoms with E-state index in [0.29, 0.717) is 6.61 Å². The fourth-order valence-corrected chi connectivity index (χ4v) is 1.33. The average molecular weight is 209 g/mol. The largest absolute Gasteiger partial charge is 0.496 e. The van der Waals surface area contributed by atoms with Gasteiger partial charge in [0.05, 0.1) is 20.3 Å². The molecule has 0 aromatic heterocycles. The van der Waals surface area contributed by atoms with Gasteiger partial charge in [0.15, 0.2) is 0 Å². The number of nitrogens with one attached hydrogen (secondary N) is 1. The highest BCUT2D eigenvalue weighted by molar-refractivity contribution is 5.32. The van der Waals surface area contributed by atoms with Gasteiger partial charge in [0.2, 0.25) is 0 Å². The van der Waals surface area contributed by atoms with E-state index in [9.17, 15) is 0 Å². The van der Waals surface area contributed by atoms with E-state index in [-0.39, 0.29) is 0 Å². The number of likely N-dealkylation sites (N-methyl/N-ethyl adjacent to an activating group) is 1. The summed E-state index contributed by atoms with van der Waals surface area (Å²) in [5.74, 6) is 0.890. The Morgan fingerprint density at radius 1 is 1.27 bits per heavy atom. The van der Waals surface area contributed by atoms with Crippen molar-refractivity contribution >= 4 is 0 Å². The Balaban J connectivity index is 2.30. The predicted molar refractivity (Wildman–Crippen MR) is 61.2 cm³/mol. The average Bonchev–Trinajstić information content (AvgIpc) is 2.29. The second kappa shape index (κ2) is 7.26. The highest BCUT2D eigenvalue weighted by atomic mass is 16.5. The van der Waals surface area contributed by atoms with Gasteiger partial charge in [-0.25, -0.2) is 0 Å². The molecule has 1 N–H and O–H groups in total. The van der Waals surface area contributed by atoms with Crippen LogP contribution < -0.4 is 10.1 Å². The normalized spacial score (nSPS) is 10.3. The van der Waals surface area contributed by atoms with Crippen LogP contribution in [0.2, 0.25) is 0 Å². The van der Waals surface area contributed by atoms with Gasteiger partial charge in [-0.2, -0.15) is 0 Å². The van der Waals surface area contributed by atoms with E-state index in [0.717, 1.165) is 31.0 Å². The van der Waals surface area contributed by atoms with Crippen molar-refractivity contribution in [2.75, 3.05) is 26.8 Å². The summed E-state index contributed by atoms with van der Waals surface area (Å²) < 4.78 is 10.7. The molecule has 0 unspecified atom stereocenters. The van der Waals surface area contributed by atoms with E-state index in [1.165, 1.54) is 0 Å². The summed E-state index contributed by atoms with van der Waals surface area (Å²) in [7, 11) is 1.68. The number of hydrogen-bond acceptors (Lipinski definition) is 3. The van der Waals surface area contributed by atoms with Crippen molar-refractivity contribution in [3.63, 3.8) is 0 Å². The van der Waals surface area contributed by atoms with E-state index < -0.39 is 0 Å². The molecule has 3 heteroatoms. The molecule has 0 fully saturated rings. The lowest BCUT2D eigenvalue weighted by molar-refractivity contribution is 0.121. The molecule has 0 aliphatic heterocycles. The summed E-state index contributed by atoms with van der Waals surface area (Å²) >= 11 is 0. The maximum Gasteiger partial charge on any atom is 0.124 e. The maximum absolute atomic E-state index is 5.52. The minimum atomic E-state index is 0.607. The molecule has 0 atom stereocenters. The van der Waals surface area contributed by atoms with E-state index in [1.54, 1.807) is 7.11 Å². The van der Waals surface area contributed by atoms with Gasteiger partial charge in [-0.3, -0.25) is 0 Å². The van der Waals surface area contributed by atoms with Crippen LogP contribution >= 0.6 is 0 Å². The van der Waals surface area contributed by atoms with Crippen LogP contribution in [0.5, 0.6) is 5.75 Å². The second-order valence-electron chi connectivity index (χ2n) is 3.22. The van der Waals surface area contributed by atoms with Crippen molar-refractivity contribution in [1.29, 1.82) is 0 Å². The summed E-state index contributed by atoms with van der Waals surface area (Å²) in [4.78, 5) is 0. The predicted octanol–water partition coefficient (Wildman–Crippen LogP) is 1.82. The Hall–Kier alpha value is -1.06. The van der Waals surface area contributed by atoms with E-state index in [1.807, 2.05) is 24.3 Å². The molecule has 3 nitrogen and oxygen atoms in total. The van der Waals surface area contributed by atoms with E-state index in [2.05, 4.69) is 12.2 Å². The standard InChI is InChI=1S/C12H19NO2/c1-3-13-8-9-15-10-11-6-4-5-7-12(11)14-2/h4-7,13H,3,8-10H2,1-2H3. The lowest BCUT2D eigenvalue weighted by Crippen LogP contribution is -2.18. The van der Waals surface area contributed by atoms with Crippen molar-refractivity contribution in [2.45, 2.75) is 13.5 Å². The minimum Gasteiger partial charge on any atom is -0.496 e. The monoisotopic (exact) mass is 209 g/mol. The van der Waals surface area contributed by atoms with Gasteiger partial charge in [0.1, 0.15) is 5.75 Å². The Labute approximate surface area is 91.4 Å². The fraction of sp³-hybridized carbons (Fsp3) is 0.500. The van der Waals surface area contributed by atoms with Crippen LogP contribution in [0.15, 0.2) is 24.3 Å². The zero-order chi connectivity index (χ0) is 10.9. The molecule has 0 heterocycles. The van der Waals surface area contributed by atoms with E-state index in [4.69, 9.17) is 9.47 Å². The Morgan fingerprint density at radius 3 is 2.80 bits per heavy atom. The number of benzene rings is 1. The molecule has 1 aromatic rings. The third-order valence-electron chi connectivity index (χ3n) is 2.12. The molecule has 0 saturated heterocycles. The molecule has 0 radical (unpaired) electrons.